The average molecular weight is 396 g/mol. The number of rotatable bonds is 6. The van der Waals surface area contributed by atoms with Crippen LogP contribution in [0.4, 0.5) is 11.8 Å². The van der Waals surface area contributed by atoms with Crippen LogP contribution in [0.3, 0.4) is 0 Å². The quantitative estimate of drug-likeness (QED) is 0.581. The second-order valence-corrected chi connectivity index (χ2v) is 8.56. The summed E-state index contributed by atoms with van der Waals surface area (Å²) >= 11 is 0. The number of hydrogen-bond donors (Lipinski definition) is 4. The van der Waals surface area contributed by atoms with Crippen molar-refractivity contribution in [2.45, 2.75) is 62.6 Å². The van der Waals surface area contributed by atoms with Gasteiger partial charge in [0.15, 0.2) is 0 Å². The highest BCUT2D eigenvalue weighted by atomic mass is 16.2. The van der Waals surface area contributed by atoms with Crippen molar-refractivity contribution in [1.29, 1.82) is 0 Å². The lowest BCUT2D eigenvalue weighted by Crippen LogP contribution is -2.57. The standard InChI is InChI=1S/C20H28N8O/c21-17-5-7-22-19(25-17)24-15-10-20(6-1-2-8-28(20)12-15)18(29)23-11-14-9-16(27-26-14)13-3-4-13/h5,7,9,13,15H,1-4,6,8,10-12H2,(H,23,29)(H,26,27)(H3,21,22,24,25)/t15-,20-/m0/s1. The molecule has 2 aromatic heterocycles. The Labute approximate surface area is 169 Å². The minimum atomic E-state index is -0.463. The van der Waals surface area contributed by atoms with Crippen LogP contribution in [0.2, 0.25) is 0 Å². The van der Waals surface area contributed by atoms with E-state index >= 15 is 0 Å². The van der Waals surface area contributed by atoms with Crippen LogP contribution >= 0.6 is 0 Å². The molecule has 5 N–H and O–H groups in total. The van der Waals surface area contributed by atoms with E-state index in [2.05, 4.69) is 41.8 Å². The fraction of sp³-hybridized carbons (Fsp3) is 0.600. The van der Waals surface area contributed by atoms with Gasteiger partial charge < -0.3 is 16.4 Å². The number of nitrogens with zero attached hydrogens (tertiary/aromatic N) is 4. The molecule has 2 aliphatic heterocycles. The number of piperidine rings is 1. The Balaban J connectivity index is 1.26. The highest BCUT2D eigenvalue weighted by Gasteiger charge is 2.52. The molecule has 0 unspecified atom stereocenters. The molecule has 2 atom stereocenters. The molecule has 29 heavy (non-hydrogen) atoms. The topological polar surface area (TPSA) is 125 Å². The van der Waals surface area contributed by atoms with Crippen LogP contribution in [0.25, 0.3) is 0 Å². The molecule has 2 aromatic rings. The first-order chi connectivity index (χ1) is 14.1. The number of nitrogens with two attached hydrogens (primary N) is 1. The number of carbonyl (C=O) groups excluding carboxylic acids is 1. The van der Waals surface area contributed by atoms with Crippen LogP contribution < -0.4 is 16.4 Å². The van der Waals surface area contributed by atoms with Gasteiger partial charge in [0, 0.05) is 24.7 Å². The number of amides is 1. The van der Waals surface area contributed by atoms with Gasteiger partial charge in [0.1, 0.15) is 11.4 Å². The Bertz CT molecular complexity index is 894. The van der Waals surface area contributed by atoms with Crippen molar-refractivity contribution in [3.05, 3.63) is 29.7 Å². The van der Waals surface area contributed by atoms with Crippen LogP contribution in [0, 0.1) is 0 Å². The van der Waals surface area contributed by atoms with E-state index in [1.54, 1.807) is 12.3 Å². The summed E-state index contributed by atoms with van der Waals surface area (Å²) in [7, 11) is 0. The van der Waals surface area contributed by atoms with E-state index in [1.165, 1.54) is 12.8 Å². The van der Waals surface area contributed by atoms with Gasteiger partial charge in [0.05, 0.1) is 17.9 Å². The Hall–Kier alpha value is -2.68. The van der Waals surface area contributed by atoms with Gasteiger partial charge in [0.25, 0.3) is 0 Å². The lowest BCUT2D eigenvalue weighted by molar-refractivity contribution is -0.134. The van der Waals surface area contributed by atoms with Crippen molar-refractivity contribution in [2.75, 3.05) is 24.1 Å². The van der Waals surface area contributed by atoms with E-state index in [-0.39, 0.29) is 11.9 Å². The number of nitrogens with one attached hydrogen (secondary N) is 3. The van der Waals surface area contributed by atoms with E-state index in [9.17, 15) is 4.79 Å². The van der Waals surface area contributed by atoms with E-state index < -0.39 is 5.54 Å². The van der Waals surface area contributed by atoms with Gasteiger partial charge in [-0.25, -0.2) is 4.98 Å². The molecular weight excluding hydrogens is 368 g/mol. The molecule has 3 fully saturated rings. The summed E-state index contributed by atoms with van der Waals surface area (Å²) in [4.78, 5) is 24.1. The number of hydrogen-bond acceptors (Lipinski definition) is 7. The van der Waals surface area contributed by atoms with Gasteiger partial charge >= 0.3 is 0 Å². The molecule has 154 valence electrons. The summed E-state index contributed by atoms with van der Waals surface area (Å²) in [6.07, 6.45) is 7.91. The van der Waals surface area contributed by atoms with E-state index in [4.69, 9.17) is 5.73 Å². The molecule has 0 spiro atoms. The minimum Gasteiger partial charge on any atom is -0.384 e. The van der Waals surface area contributed by atoms with Gasteiger partial charge in [-0.15, -0.1) is 0 Å². The van der Waals surface area contributed by atoms with Crippen molar-refractivity contribution in [3.63, 3.8) is 0 Å². The van der Waals surface area contributed by atoms with Crippen molar-refractivity contribution < 1.29 is 4.79 Å². The predicted molar refractivity (Wildman–Crippen MR) is 109 cm³/mol. The normalized spacial score (nSPS) is 26.8. The fourth-order valence-electron chi connectivity index (χ4n) is 4.80. The zero-order chi connectivity index (χ0) is 19.8. The molecule has 9 nitrogen and oxygen atoms in total. The third-order valence-corrected chi connectivity index (χ3v) is 6.42. The molecule has 2 saturated heterocycles. The van der Waals surface area contributed by atoms with Crippen LogP contribution in [-0.4, -0.2) is 55.6 Å². The highest BCUT2D eigenvalue weighted by molar-refractivity contribution is 5.87. The first-order valence-corrected chi connectivity index (χ1v) is 10.5. The number of anilines is 2. The Kier molecular flexibility index (Phi) is 4.61. The summed E-state index contributed by atoms with van der Waals surface area (Å²) in [6.45, 7) is 2.24. The second-order valence-electron chi connectivity index (χ2n) is 8.56. The number of aromatic nitrogens is 4. The molecule has 4 heterocycles. The first kappa shape index (κ1) is 18.4. The highest BCUT2D eigenvalue weighted by Crippen LogP contribution is 2.40. The maximum Gasteiger partial charge on any atom is 0.240 e. The van der Waals surface area contributed by atoms with E-state index in [0.29, 0.717) is 24.2 Å². The average Bonchev–Trinajstić information content (AvgIpc) is 3.33. The predicted octanol–water partition coefficient (Wildman–Crippen LogP) is 1.38. The summed E-state index contributed by atoms with van der Waals surface area (Å²) in [6, 6.07) is 3.88. The van der Waals surface area contributed by atoms with E-state index in [0.717, 1.165) is 50.2 Å². The molecule has 1 amide bonds. The summed E-state index contributed by atoms with van der Waals surface area (Å²) in [5, 5.41) is 14.0. The smallest absolute Gasteiger partial charge is 0.240 e. The summed E-state index contributed by atoms with van der Waals surface area (Å²) in [5.74, 6) is 1.68. The second kappa shape index (κ2) is 7.29. The third-order valence-electron chi connectivity index (χ3n) is 6.42. The maximum atomic E-state index is 13.3. The number of H-pyrrole nitrogens is 1. The zero-order valence-corrected chi connectivity index (χ0v) is 16.5. The van der Waals surface area contributed by atoms with Crippen molar-refractivity contribution in [1.82, 2.24) is 30.4 Å². The molecule has 0 aromatic carbocycles. The monoisotopic (exact) mass is 396 g/mol. The van der Waals surface area contributed by atoms with Crippen LogP contribution in [0.1, 0.15) is 55.8 Å². The summed E-state index contributed by atoms with van der Waals surface area (Å²) < 4.78 is 0. The maximum absolute atomic E-state index is 13.3. The zero-order valence-electron chi connectivity index (χ0n) is 16.5. The Morgan fingerprint density at radius 1 is 1.38 bits per heavy atom. The van der Waals surface area contributed by atoms with E-state index in [1.807, 2.05) is 0 Å². The van der Waals surface area contributed by atoms with Gasteiger partial charge in [-0.1, -0.05) is 0 Å². The SMILES string of the molecule is Nc1ccnc(N[C@@H]2CN3CCCC[C@@]3(C(=O)NCc3cc(C4CC4)n[nH]3)C2)n1. The van der Waals surface area contributed by atoms with Crippen LogP contribution in [0.15, 0.2) is 18.3 Å². The molecule has 0 bridgehead atoms. The molecule has 5 rings (SSSR count). The lowest BCUT2D eigenvalue weighted by Gasteiger charge is -2.40. The Morgan fingerprint density at radius 3 is 3.10 bits per heavy atom. The number of aromatic amines is 1. The van der Waals surface area contributed by atoms with Crippen molar-refractivity contribution in [3.8, 4) is 0 Å². The molecule has 1 aliphatic carbocycles. The minimum absolute atomic E-state index is 0.109. The number of nitrogen functional groups attached to an aromatic ring is 1. The van der Waals surface area contributed by atoms with Crippen LogP contribution in [0.5, 0.6) is 0 Å². The largest absolute Gasteiger partial charge is 0.384 e. The Morgan fingerprint density at radius 2 is 2.28 bits per heavy atom. The third kappa shape index (κ3) is 3.66. The molecule has 0 radical (unpaired) electrons. The van der Waals surface area contributed by atoms with Crippen LogP contribution in [-0.2, 0) is 11.3 Å². The molecule has 9 heteroatoms. The lowest BCUT2D eigenvalue weighted by atomic mass is 9.84. The summed E-state index contributed by atoms with van der Waals surface area (Å²) in [5.41, 5.74) is 7.40. The van der Waals surface area contributed by atoms with Crippen molar-refractivity contribution in [2.24, 2.45) is 0 Å². The van der Waals surface area contributed by atoms with Gasteiger partial charge in [-0.05, 0) is 57.2 Å². The number of fused-ring (bicyclic) bond motifs is 1. The first-order valence-electron chi connectivity index (χ1n) is 10.5. The molecule has 3 aliphatic rings. The van der Waals surface area contributed by atoms with Crippen molar-refractivity contribution >= 4 is 17.7 Å². The van der Waals surface area contributed by atoms with Gasteiger partial charge in [-0.3, -0.25) is 14.8 Å². The number of carbonyl (C=O) groups is 1. The molecule has 1 saturated carbocycles. The van der Waals surface area contributed by atoms with Gasteiger partial charge in [0.2, 0.25) is 11.9 Å². The molecular formula is C20H28N8O. The van der Waals surface area contributed by atoms with Gasteiger partial charge in [-0.2, -0.15) is 10.1 Å². The fourth-order valence-corrected chi connectivity index (χ4v) is 4.80.